The fraction of sp³-hybridized carbons (Fsp3) is 0.344. The van der Waals surface area contributed by atoms with E-state index in [-0.39, 0.29) is 32.5 Å². The highest BCUT2D eigenvalue weighted by atomic mass is 15.2. The molecule has 3 nitrogen and oxygen atoms in total. The van der Waals surface area contributed by atoms with Crippen LogP contribution in [0.5, 0.6) is 0 Å². The summed E-state index contributed by atoms with van der Waals surface area (Å²) in [7, 11) is 0. The van der Waals surface area contributed by atoms with E-state index in [1.54, 1.807) is 0 Å². The first-order chi connectivity index (χ1) is 31.3. The first kappa shape index (κ1) is 44.8. The molecular weight excluding hydrogens is 811 g/mol. The van der Waals surface area contributed by atoms with Crippen molar-refractivity contribution >= 4 is 55.9 Å². The van der Waals surface area contributed by atoms with Crippen LogP contribution >= 0.6 is 0 Å². The Balaban J connectivity index is 1.22. The van der Waals surface area contributed by atoms with Crippen LogP contribution in [0.2, 0.25) is 0 Å². The van der Waals surface area contributed by atoms with Gasteiger partial charge in [-0.05, 0) is 127 Å². The summed E-state index contributed by atoms with van der Waals surface area (Å²) in [6, 6.07) is 54.2. The van der Waals surface area contributed by atoms with Gasteiger partial charge in [0, 0.05) is 38.7 Å². The predicted octanol–water partition coefficient (Wildman–Crippen LogP) is 18.2. The number of hydrogen-bond acceptors (Lipinski definition) is 2. The number of hydrogen-bond donors (Lipinski definition) is 0. The van der Waals surface area contributed by atoms with Crippen molar-refractivity contribution in [2.45, 2.75) is 143 Å². The molecule has 0 amide bonds. The molecule has 342 valence electrons. The molecule has 0 saturated carbocycles. The summed E-state index contributed by atoms with van der Waals surface area (Å²) < 4.78 is 2.50. The Morgan fingerprint density at radius 1 is 0.313 bits per heavy atom. The molecule has 0 unspecified atom stereocenters. The summed E-state index contributed by atoms with van der Waals surface area (Å²) in [5, 5.41) is 2.48. The maximum absolute atomic E-state index is 2.54. The summed E-state index contributed by atoms with van der Waals surface area (Å²) in [5.41, 5.74) is 21.4. The summed E-state index contributed by atoms with van der Waals surface area (Å²) in [6.45, 7) is 37.6. The molecule has 0 aliphatic carbocycles. The minimum atomic E-state index is -0.202. The number of nitrogens with zero attached hydrogens (tertiary/aromatic N) is 3. The van der Waals surface area contributed by atoms with Gasteiger partial charge in [-0.1, -0.05) is 190 Å². The number of benzene rings is 7. The van der Waals surface area contributed by atoms with Crippen LogP contribution < -0.4 is 9.80 Å². The maximum atomic E-state index is 2.54. The quantitative estimate of drug-likeness (QED) is 0.175. The fourth-order valence-corrected chi connectivity index (χ4v) is 11.0. The molecule has 2 aliphatic heterocycles. The number of rotatable bonds is 3. The number of aromatic nitrogens is 1. The minimum Gasteiger partial charge on any atom is -0.310 e. The zero-order valence-electron chi connectivity index (χ0n) is 43.1. The van der Waals surface area contributed by atoms with Crippen LogP contribution in [0, 0.1) is 0 Å². The Bertz CT molecular complexity index is 2940. The van der Waals surface area contributed by atoms with Crippen LogP contribution in [-0.4, -0.2) is 4.57 Å². The monoisotopic (exact) mass is 882 g/mol. The molecule has 0 saturated heterocycles. The van der Waals surface area contributed by atoms with E-state index in [4.69, 9.17) is 0 Å². The van der Waals surface area contributed by atoms with Gasteiger partial charge in [-0.15, -0.1) is 0 Å². The Hall–Kier alpha value is -6.06. The van der Waals surface area contributed by atoms with Crippen molar-refractivity contribution in [3.05, 3.63) is 184 Å². The molecular formula is C64H71N3. The van der Waals surface area contributed by atoms with E-state index in [1.165, 1.54) is 89.1 Å². The molecule has 0 bridgehead atoms. The second-order valence-corrected chi connectivity index (χ2v) is 24.9. The SMILES string of the molecule is CC(C)(C)c1ccc2c(c1)C(C)(C)c1cc(C(C)(C)C)ccc1N2c1ccc2c3ccc(N4c5ccc(C(C)(C)C)cc5C(C)(C)c5cc(C(C)(C)C)ccc54)cc3n(-c3ccccc3)c2c1. The lowest BCUT2D eigenvalue weighted by Crippen LogP contribution is -2.32. The van der Waals surface area contributed by atoms with Crippen molar-refractivity contribution in [3.63, 3.8) is 0 Å². The Kier molecular flexibility index (Phi) is 9.83. The van der Waals surface area contributed by atoms with Crippen molar-refractivity contribution in [2.75, 3.05) is 9.80 Å². The normalized spacial score (nSPS) is 15.6. The molecule has 0 radical (unpaired) electrons. The number of para-hydroxylation sites is 1. The van der Waals surface area contributed by atoms with Gasteiger partial charge in [-0.2, -0.15) is 0 Å². The van der Waals surface area contributed by atoms with E-state index in [1.807, 2.05) is 0 Å². The second kappa shape index (κ2) is 14.7. The predicted molar refractivity (Wildman–Crippen MR) is 289 cm³/mol. The molecule has 1 aromatic heterocycles. The third kappa shape index (κ3) is 7.13. The van der Waals surface area contributed by atoms with Gasteiger partial charge in [0.25, 0.3) is 0 Å². The molecule has 0 atom stereocenters. The molecule has 0 spiro atoms. The third-order valence-corrected chi connectivity index (χ3v) is 15.4. The van der Waals surface area contributed by atoms with Crippen molar-refractivity contribution in [2.24, 2.45) is 0 Å². The van der Waals surface area contributed by atoms with Gasteiger partial charge in [0.2, 0.25) is 0 Å². The Morgan fingerprint density at radius 2 is 0.612 bits per heavy atom. The zero-order chi connectivity index (χ0) is 48.0. The zero-order valence-corrected chi connectivity index (χ0v) is 43.1. The van der Waals surface area contributed by atoms with Crippen molar-refractivity contribution < 1.29 is 0 Å². The van der Waals surface area contributed by atoms with Crippen molar-refractivity contribution in [1.82, 2.24) is 4.57 Å². The summed E-state index contributed by atoms with van der Waals surface area (Å²) in [5.74, 6) is 0. The van der Waals surface area contributed by atoms with Gasteiger partial charge in [0.1, 0.15) is 0 Å². The molecule has 2 aliphatic rings. The average Bonchev–Trinajstić information content (AvgIpc) is 3.58. The standard InChI is InChI=1S/C64H71N3/c1-59(2,3)40-22-30-53-49(34-40)63(13,14)50-35-41(60(4,5)6)23-31-54(50)66(53)45-26-28-47-48-29-27-46(39-58(48)65(57(47)38-45)44-20-18-17-19-21-44)67-55-32-24-42(61(7,8)9)36-51(55)64(15,16)52-37-43(62(10,11)12)25-33-56(52)67/h17-39H,1-16H3. The lowest BCUT2D eigenvalue weighted by Gasteiger charge is -2.43. The van der Waals surface area contributed by atoms with Crippen LogP contribution in [0.4, 0.5) is 34.1 Å². The lowest BCUT2D eigenvalue weighted by molar-refractivity contribution is 0.572. The van der Waals surface area contributed by atoms with Crippen LogP contribution in [-0.2, 0) is 32.5 Å². The molecule has 67 heavy (non-hydrogen) atoms. The van der Waals surface area contributed by atoms with Crippen molar-refractivity contribution in [3.8, 4) is 5.69 Å². The summed E-state index contributed by atoms with van der Waals surface area (Å²) in [6.07, 6.45) is 0. The largest absolute Gasteiger partial charge is 0.310 e. The third-order valence-electron chi connectivity index (χ3n) is 15.4. The van der Waals surface area contributed by atoms with Gasteiger partial charge in [-0.3, -0.25) is 0 Å². The van der Waals surface area contributed by atoms with E-state index < -0.39 is 0 Å². The highest BCUT2D eigenvalue weighted by Crippen LogP contribution is 2.56. The van der Waals surface area contributed by atoms with E-state index in [0.29, 0.717) is 0 Å². The molecule has 8 aromatic rings. The number of anilines is 6. The molecule has 10 rings (SSSR count). The van der Waals surface area contributed by atoms with Crippen molar-refractivity contribution in [1.29, 1.82) is 0 Å². The average molecular weight is 882 g/mol. The van der Waals surface area contributed by atoms with Crippen LogP contribution in [0.25, 0.3) is 27.5 Å². The van der Waals surface area contributed by atoms with E-state index in [9.17, 15) is 0 Å². The topological polar surface area (TPSA) is 11.4 Å². The number of fused-ring (bicyclic) bond motifs is 7. The minimum absolute atomic E-state index is 0.0250. The first-order valence-corrected chi connectivity index (χ1v) is 24.6. The summed E-state index contributed by atoms with van der Waals surface area (Å²) in [4.78, 5) is 5.07. The Labute approximate surface area is 401 Å². The van der Waals surface area contributed by atoms with E-state index in [0.717, 1.165) is 17.1 Å². The van der Waals surface area contributed by atoms with Crippen LogP contribution in [0.3, 0.4) is 0 Å². The molecule has 3 heterocycles. The van der Waals surface area contributed by atoms with Crippen LogP contribution in [0.1, 0.15) is 155 Å². The molecule has 7 aromatic carbocycles. The van der Waals surface area contributed by atoms with Crippen LogP contribution in [0.15, 0.2) is 140 Å². The van der Waals surface area contributed by atoms with Gasteiger partial charge in [-0.25, -0.2) is 0 Å². The smallest absolute Gasteiger partial charge is 0.0561 e. The van der Waals surface area contributed by atoms with Gasteiger partial charge in [0.15, 0.2) is 0 Å². The highest BCUT2D eigenvalue weighted by molar-refractivity contribution is 6.12. The first-order valence-electron chi connectivity index (χ1n) is 24.6. The molecule has 0 N–H and O–H groups in total. The molecule has 3 heteroatoms. The summed E-state index contributed by atoms with van der Waals surface area (Å²) >= 11 is 0. The Morgan fingerprint density at radius 3 is 0.896 bits per heavy atom. The van der Waals surface area contributed by atoms with Gasteiger partial charge in [0.05, 0.1) is 33.8 Å². The van der Waals surface area contributed by atoms with E-state index in [2.05, 4.69) is 265 Å². The van der Waals surface area contributed by atoms with Gasteiger partial charge < -0.3 is 14.4 Å². The molecule has 0 fully saturated rings. The maximum Gasteiger partial charge on any atom is 0.0561 e. The van der Waals surface area contributed by atoms with Gasteiger partial charge >= 0.3 is 0 Å². The lowest BCUT2D eigenvalue weighted by atomic mass is 9.70. The highest BCUT2D eigenvalue weighted by Gasteiger charge is 2.41. The second-order valence-electron chi connectivity index (χ2n) is 24.9. The van der Waals surface area contributed by atoms with E-state index >= 15 is 0 Å². The fourth-order valence-electron chi connectivity index (χ4n) is 11.0.